The number of rotatable bonds is 9. The van der Waals surface area contributed by atoms with E-state index < -0.39 is 0 Å². The molecule has 5 heteroatoms. The first-order valence-corrected chi connectivity index (χ1v) is 7.78. The summed E-state index contributed by atoms with van der Waals surface area (Å²) in [7, 11) is 0. The van der Waals surface area contributed by atoms with E-state index in [0.717, 1.165) is 29.5 Å². The minimum Gasteiger partial charge on any atom is -0.494 e. The van der Waals surface area contributed by atoms with E-state index in [-0.39, 0.29) is 11.9 Å². The number of hydrogen-bond donors (Lipinski definition) is 2. The molecule has 0 bridgehead atoms. The van der Waals surface area contributed by atoms with Crippen LogP contribution in [0, 0.1) is 0 Å². The van der Waals surface area contributed by atoms with E-state index in [1.807, 2.05) is 31.2 Å². The van der Waals surface area contributed by atoms with Gasteiger partial charge in [-0.3, -0.25) is 4.79 Å². The van der Waals surface area contributed by atoms with Crippen LogP contribution in [0.15, 0.2) is 28.7 Å². The van der Waals surface area contributed by atoms with Crippen LogP contribution in [-0.2, 0) is 4.79 Å². The molecule has 4 nitrogen and oxygen atoms in total. The van der Waals surface area contributed by atoms with E-state index in [9.17, 15) is 4.79 Å². The summed E-state index contributed by atoms with van der Waals surface area (Å²) >= 11 is 3.38. The van der Waals surface area contributed by atoms with Crippen LogP contribution < -0.4 is 15.8 Å². The third-order valence-electron chi connectivity index (χ3n) is 2.80. The lowest BCUT2D eigenvalue weighted by Crippen LogP contribution is -2.28. The Morgan fingerprint density at radius 1 is 1.35 bits per heavy atom. The highest BCUT2D eigenvalue weighted by molar-refractivity contribution is 9.10. The summed E-state index contributed by atoms with van der Waals surface area (Å²) in [4.78, 5) is 11.5. The van der Waals surface area contributed by atoms with Gasteiger partial charge in [-0.25, -0.2) is 0 Å². The first kappa shape index (κ1) is 17.0. The molecule has 1 unspecified atom stereocenters. The Morgan fingerprint density at radius 2 is 2.05 bits per heavy atom. The van der Waals surface area contributed by atoms with E-state index in [1.165, 1.54) is 0 Å². The first-order chi connectivity index (χ1) is 9.58. The smallest absolute Gasteiger partial charge is 0.219 e. The van der Waals surface area contributed by atoms with E-state index in [4.69, 9.17) is 10.5 Å². The van der Waals surface area contributed by atoms with Gasteiger partial charge in [-0.1, -0.05) is 15.9 Å². The summed E-state index contributed by atoms with van der Waals surface area (Å²) in [5, 5.41) is 2.86. The fourth-order valence-corrected chi connectivity index (χ4v) is 1.90. The predicted octanol–water partition coefficient (Wildman–Crippen LogP) is 2.85. The zero-order chi connectivity index (χ0) is 14.8. The van der Waals surface area contributed by atoms with Crippen LogP contribution in [0.1, 0.15) is 32.6 Å². The molecule has 0 saturated carbocycles. The van der Waals surface area contributed by atoms with Gasteiger partial charge in [0.2, 0.25) is 5.91 Å². The Labute approximate surface area is 129 Å². The van der Waals surface area contributed by atoms with Crippen molar-refractivity contribution in [2.75, 3.05) is 13.2 Å². The number of nitrogens with one attached hydrogen (secondary N) is 1. The molecule has 1 aromatic carbocycles. The van der Waals surface area contributed by atoms with Crippen LogP contribution in [0.2, 0.25) is 0 Å². The van der Waals surface area contributed by atoms with Crippen LogP contribution in [0.4, 0.5) is 0 Å². The summed E-state index contributed by atoms with van der Waals surface area (Å²) in [6.45, 7) is 3.23. The Bertz CT molecular complexity index is 393. The monoisotopic (exact) mass is 342 g/mol. The second-order valence-electron chi connectivity index (χ2n) is 4.88. The third-order valence-corrected chi connectivity index (χ3v) is 3.33. The summed E-state index contributed by atoms with van der Waals surface area (Å²) in [6, 6.07) is 7.87. The van der Waals surface area contributed by atoms with Gasteiger partial charge in [0.25, 0.3) is 0 Å². The standard InChI is InChI=1S/C15H23BrN2O2/c1-12(17)9-10-18-15(19)4-2-3-11-20-14-7-5-13(16)6-8-14/h5-8,12H,2-4,9-11,17H2,1H3,(H,18,19). The summed E-state index contributed by atoms with van der Waals surface area (Å²) in [5.41, 5.74) is 5.61. The highest BCUT2D eigenvalue weighted by atomic mass is 79.9. The second-order valence-corrected chi connectivity index (χ2v) is 5.79. The molecular weight excluding hydrogens is 320 g/mol. The molecule has 3 N–H and O–H groups in total. The van der Waals surface area contributed by atoms with Gasteiger partial charge < -0.3 is 15.8 Å². The van der Waals surface area contributed by atoms with Crippen molar-refractivity contribution in [2.24, 2.45) is 5.73 Å². The maximum atomic E-state index is 11.5. The number of carbonyl (C=O) groups excluding carboxylic acids is 1. The molecule has 1 atom stereocenters. The van der Waals surface area contributed by atoms with E-state index in [1.54, 1.807) is 0 Å². The molecule has 0 aliphatic heterocycles. The molecule has 20 heavy (non-hydrogen) atoms. The van der Waals surface area contributed by atoms with Crippen molar-refractivity contribution in [2.45, 2.75) is 38.6 Å². The zero-order valence-corrected chi connectivity index (χ0v) is 13.5. The van der Waals surface area contributed by atoms with Crippen LogP contribution >= 0.6 is 15.9 Å². The number of benzene rings is 1. The third kappa shape index (κ3) is 8.17. The fourth-order valence-electron chi connectivity index (χ4n) is 1.64. The lowest BCUT2D eigenvalue weighted by Gasteiger charge is -2.08. The van der Waals surface area contributed by atoms with Crippen molar-refractivity contribution in [3.8, 4) is 5.75 Å². The molecule has 0 radical (unpaired) electrons. The molecule has 0 aliphatic carbocycles. The van der Waals surface area contributed by atoms with Gasteiger partial charge in [0.1, 0.15) is 5.75 Å². The topological polar surface area (TPSA) is 64.3 Å². The number of halogens is 1. The van der Waals surface area contributed by atoms with Crippen molar-refractivity contribution >= 4 is 21.8 Å². The largest absolute Gasteiger partial charge is 0.494 e. The van der Waals surface area contributed by atoms with Gasteiger partial charge >= 0.3 is 0 Å². The molecule has 0 aliphatic rings. The van der Waals surface area contributed by atoms with Gasteiger partial charge in [-0.2, -0.15) is 0 Å². The molecule has 1 rings (SSSR count). The molecular formula is C15H23BrN2O2. The van der Waals surface area contributed by atoms with Crippen LogP contribution in [0.5, 0.6) is 5.75 Å². The number of carbonyl (C=O) groups is 1. The average molecular weight is 343 g/mol. The first-order valence-electron chi connectivity index (χ1n) is 6.98. The van der Waals surface area contributed by atoms with Gasteiger partial charge in [-0.05, 0) is 50.5 Å². The number of unbranched alkanes of at least 4 members (excludes halogenated alkanes) is 1. The molecule has 0 aromatic heterocycles. The van der Waals surface area contributed by atoms with Crippen molar-refractivity contribution in [1.82, 2.24) is 5.32 Å². The van der Waals surface area contributed by atoms with Crippen LogP contribution in [0.3, 0.4) is 0 Å². The van der Waals surface area contributed by atoms with Crippen molar-refractivity contribution in [3.63, 3.8) is 0 Å². The lowest BCUT2D eigenvalue weighted by atomic mass is 10.2. The number of amides is 1. The second kappa shape index (κ2) is 9.77. The lowest BCUT2D eigenvalue weighted by molar-refractivity contribution is -0.121. The Balaban J connectivity index is 2.01. The Kier molecular flexibility index (Phi) is 8.30. The normalized spacial score (nSPS) is 11.9. The summed E-state index contributed by atoms with van der Waals surface area (Å²) < 4.78 is 6.62. The van der Waals surface area contributed by atoms with Crippen molar-refractivity contribution in [1.29, 1.82) is 0 Å². The van der Waals surface area contributed by atoms with E-state index in [2.05, 4.69) is 21.2 Å². The summed E-state index contributed by atoms with van der Waals surface area (Å²) in [6.07, 6.45) is 3.07. The average Bonchev–Trinajstić information content (AvgIpc) is 2.40. The highest BCUT2D eigenvalue weighted by Gasteiger charge is 2.02. The van der Waals surface area contributed by atoms with E-state index in [0.29, 0.717) is 19.6 Å². The zero-order valence-electron chi connectivity index (χ0n) is 11.9. The van der Waals surface area contributed by atoms with Gasteiger partial charge in [0, 0.05) is 23.5 Å². The molecule has 112 valence electrons. The SMILES string of the molecule is CC(N)CCNC(=O)CCCCOc1ccc(Br)cc1. The molecule has 0 saturated heterocycles. The number of nitrogens with two attached hydrogens (primary N) is 1. The van der Waals surface area contributed by atoms with Crippen molar-refractivity contribution < 1.29 is 9.53 Å². The maximum Gasteiger partial charge on any atom is 0.219 e. The molecule has 0 heterocycles. The maximum absolute atomic E-state index is 11.5. The Hall–Kier alpha value is -1.07. The molecule has 0 fully saturated rings. The van der Waals surface area contributed by atoms with Crippen LogP contribution in [-0.4, -0.2) is 25.1 Å². The van der Waals surface area contributed by atoms with Crippen molar-refractivity contribution in [3.05, 3.63) is 28.7 Å². The minimum atomic E-state index is 0.0919. The number of ether oxygens (including phenoxy) is 1. The highest BCUT2D eigenvalue weighted by Crippen LogP contribution is 2.16. The van der Waals surface area contributed by atoms with Crippen LogP contribution in [0.25, 0.3) is 0 Å². The minimum absolute atomic E-state index is 0.0919. The quantitative estimate of drug-likeness (QED) is 0.678. The fraction of sp³-hybridized carbons (Fsp3) is 0.533. The molecule has 1 amide bonds. The molecule has 1 aromatic rings. The molecule has 0 spiro atoms. The van der Waals surface area contributed by atoms with E-state index >= 15 is 0 Å². The predicted molar refractivity (Wildman–Crippen MR) is 84.8 cm³/mol. The Morgan fingerprint density at radius 3 is 2.70 bits per heavy atom. The van der Waals surface area contributed by atoms with Gasteiger partial charge in [-0.15, -0.1) is 0 Å². The van der Waals surface area contributed by atoms with Gasteiger partial charge in [0.15, 0.2) is 0 Å². The van der Waals surface area contributed by atoms with Gasteiger partial charge in [0.05, 0.1) is 6.61 Å². The summed E-state index contributed by atoms with van der Waals surface area (Å²) in [5.74, 6) is 0.948. The number of hydrogen-bond acceptors (Lipinski definition) is 3.